The third-order valence-electron chi connectivity index (χ3n) is 5.33. The maximum Gasteiger partial charge on any atom is 0.291 e. The Balaban J connectivity index is 1.32. The van der Waals surface area contributed by atoms with Crippen LogP contribution in [0.25, 0.3) is 0 Å². The van der Waals surface area contributed by atoms with Gasteiger partial charge in [0.15, 0.2) is 0 Å². The van der Waals surface area contributed by atoms with E-state index in [-0.39, 0.29) is 23.4 Å². The third-order valence-corrected chi connectivity index (χ3v) is 5.33. The first kappa shape index (κ1) is 15.0. The second kappa shape index (κ2) is 6.17. The minimum Gasteiger partial charge on any atom is -0.375 e. The molecule has 3 aliphatic rings. The molecule has 2 atom stereocenters. The van der Waals surface area contributed by atoms with Crippen molar-refractivity contribution in [3.63, 3.8) is 0 Å². The SMILES string of the molecule is O=C(c1ncccn1)N1CC[C@]2(C[C@@H](OCC3CCC3)CO2)C1. The van der Waals surface area contributed by atoms with Crippen LogP contribution < -0.4 is 0 Å². The zero-order chi connectivity index (χ0) is 15.7. The third kappa shape index (κ3) is 3.10. The van der Waals surface area contributed by atoms with Gasteiger partial charge in [-0.1, -0.05) is 6.42 Å². The number of carbonyl (C=O) groups excluding carboxylic acids is 1. The molecule has 124 valence electrons. The van der Waals surface area contributed by atoms with Crippen molar-refractivity contribution in [2.75, 3.05) is 26.3 Å². The molecule has 0 unspecified atom stereocenters. The number of ether oxygens (including phenoxy) is 2. The van der Waals surface area contributed by atoms with E-state index in [9.17, 15) is 4.79 Å². The van der Waals surface area contributed by atoms with Crippen molar-refractivity contribution in [2.24, 2.45) is 5.92 Å². The van der Waals surface area contributed by atoms with Gasteiger partial charge in [0.1, 0.15) is 0 Å². The summed E-state index contributed by atoms with van der Waals surface area (Å²) in [6.07, 6.45) is 9.09. The number of likely N-dealkylation sites (tertiary alicyclic amines) is 1. The lowest BCUT2D eigenvalue weighted by molar-refractivity contribution is -0.00819. The number of carbonyl (C=O) groups is 1. The number of hydrogen-bond donors (Lipinski definition) is 0. The summed E-state index contributed by atoms with van der Waals surface area (Å²) in [6, 6.07) is 1.71. The Bertz CT molecular complexity index is 563. The summed E-state index contributed by atoms with van der Waals surface area (Å²) in [5.74, 6) is 0.911. The van der Waals surface area contributed by atoms with Crippen LogP contribution in [0.3, 0.4) is 0 Å². The normalized spacial score (nSPS) is 30.8. The summed E-state index contributed by atoms with van der Waals surface area (Å²) < 4.78 is 12.1. The Labute approximate surface area is 136 Å². The van der Waals surface area contributed by atoms with Crippen molar-refractivity contribution in [2.45, 2.75) is 43.8 Å². The monoisotopic (exact) mass is 317 g/mol. The standard InChI is InChI=1S/C17H23N3O3/c21-16(15-18-6-2-7-19-15)20-8-5-17(12-20)9-14(11-23-17)22-10-13-3-1-4-13/h2,6-7,13-14H,1,3-5,8-12H2/t14-,17+/m1/s1. The smallest absolute Gasteiger partial charge is 0.291 e. The van der Waals surface area contributed by atoms with E-state index in [2.05, 4.69) is 9.97 Å². The summed E-state index contributed by atoms with van der Waals surface area (Å²) in [5, 5.41) is 0. The molecule has 0 radical (unpaired) electrons. The average molecular weight is 317 g/mol. The van der Waals surface area contributed by atoms with Crippen molar-refractivity contribution >= 4 is 5.91 Å². The summed E-state index contributed by atoms with van der Waals surface area (Å²) in [6.45, 7) is 2.83. The van der Waals surface area contributed by atoms with Gasteiger partial charge in [-0.2, -0.15) is 0 Å². The van der Waals surface area contributed by atoms with E-state index >= 15 is 0 Å². The molecule has 2 saturated heterocycles. The molecule has 0 N–H and O–H groups in total. The highest BCUT2D eigenvalue weighted by atomic mass is 16.6. The van der Waals surface area contributed by atoms with Crippen molar-refractivity contribution < 1.29 is 14.3 Å². The van der Waals surface area contributed by atoms with E-state index in [0.29, 0.717) is 19.7 Å². The van der Waals surface area contributed by atoms with Gasteiger partial charge in [0.05, 0.1) is 24.9 Å². The fourth-order valence-electron chi connectivity index (χ4n) is 3.69. The first-order valence-electron chi connectivity index (χ1n) is 8.56. The van der Waals surface area contributed by atoms with Crippen LogP contribution in [0.4, 0.5) is 0 Å². The molecular formula is C17H23N3O3. The minimum atomic E-state index is -0.227. The van der Waals surface area contributed by atoms with Crippen LogP contribution in [-0.4, -0.2) is 58.8 Å². The molecule has 1 aromatic rings. The van der Waals surface area contributed by atoms with Gasteiger partial charge in [-0.25, -0.2) is 9.97 Å². The van der Waals surface area contributed by atoms with Crippen molar-refractivity contribution in [3.05, 3.63) is 24.3 Å². The van der Waals surface area contributed by atoms with Gasteiger partial charge in [0.2, 0.25) is 5.82 Å². The largest absolute Gasteiger partial charge is 0.375 e. The van der Waals surface area contributed by atoms with Gasteiger partial charge in [0, 0.05) is 32.0 Å². The summed E-state index contributed by atoms with van der Waals surface area (Å²) in [5.41, 5.74) is -0.227. The van der Waals surface area contributed by atoms with Crippen LogP contribution in [0.5, 0.6) is 0 Å². The van der Waals surface area contributed by atoms with Crippen LogP contribution in [0.1, 0.15) is 42.7 Å². The van der Waals surface area contributed by atoms with E-state index < -0.39 is 0 Å². The maximum absolute atomic E-state index is 12.4. The average Bonchev–Trinajstić information content (AvgIpc) is 3.14. The molecule has 1 amide bonds. The maximum atomic E-state index is 12.4. The number of amides is 1. The van der Waals surface area contributed by atoms with E-state index in [1.807, 2.05) is 4.90 Å². The van der Waals surface area contributed by atoms with Crippen LogP contribution in [0.2, 0.25) is 0 Å². The van der Waals surface area contributed by atoms with E-state index in [1.165, 1.54) is 19.3 Å². The highest BCUT2D eigenvalue weighted by molar-refractivity contribution is 5.90. The molecule has 1 saturated carbocycles. The number of hydrogen-bond acceptors (Lipinski definition) is 5. The molecule has 4 rings (SSSR count). The Morgan fingerprint density at radius 1 is 1.39 bits per heavy atom. The minimum absolute atomic E-state index is 0.107. The molecule has 1 aliphatic carbocycles. The highest BCUT2D eigenvalue weighted by Gasteiger charge is 2.47. The van der Waals surface area contributed by atoms with E-state index in [4.69, 9.17) is 9.47 Å². The molecule has 3 fully saturated rings. The molecule has 6 nitrogen and oxygen atoms in total. The molecule has 0 bridgehead atoms. The number of rotatable bonds is 4. The Morgan fingerprint density at radius 3 is 2.96 bits per heavy atom. The lowest BCUT2D eigenvalue weighted by Crippen LogP contribution is -2.36. The van der Waals surface area contributed by atoms with Gasteiger partial charge in [0.25, 0.3) is 5.91 Å². The lowest BCUT2D eigenvalue weighted by Gasteiger charge is -2.26. The topological polar surface area (TPSA) is 64.6 Å². The van der Waals surface area contributed by atoms with Gasteiger partial charge >= 0.3 is 0 Å². The van der Waals surface area contributed by atoms with Gasteiger partial charge in [-0.15, -0.1) is 0 Å². The molecule has 1 spiro atoms. The quantitative estimate of drug-likeness (QED) is 0.845. The molecular weight excluding hydrogens is 294 g/mol. The Morgan fingerprint density at radius 2 is 2.22 bits per heavy atom. The van der Waals surface area contributed by atoms with Gasteiger partial charge in [-0.05, 0) is 31.2 Å². The second-order valence-electron chi connectivity index (χ2n) is 7.00. The summed E-state index contributed by atoms with van der Waals surface area (Å²) in [4.78, 5) is 22.4. The highest BCUT2D eigenvalue weighted by Crippen LogP contribution is 2.37. The Hall–Kier alpha value is -1.53. The molecule has 1 aromatic heterocycles. The number of aromatic nitrogens is 2. The fraction of sp³-hybridized carbons (Fsp3) is 0.706. The van der Waals surface area contributed by atoms with Crippen molar-refractivity contribution in [3.8, 4) is 0 Å². The van der Waals surface area contributed by atoms with Crippen LogP contribution >= 0.6 is 0 Å². The molecule has 23 heavy (non-hydrogen) atoms. The first-order valence-corrected chi connectivity index (χ1v) is 8.56. The summed E-state index contributed by atoms with van der Waals surface area (Å²) >= 11 is 0. The summed E-state index contributed by atoms with van der Waals surface area (Å²) in [7, 11) is 0. The van der Waals surface area contributed by atoms with Crippen LogP contribution in [0, 0.1) is 5.92 Å². The second-order valence-corrected chi connectivity index (χ2v) is 7.00. The zero-order valence-corrected chi connectivity index (χ0v) is 13.3. The van der Waals surface area contributed by atoms with Gasteiger partial charge < -0.3 is 14.4 Å². The van der Waals surface area contributed by atoms with E-state index in [1.54, 1.807) is 18.5 Å². The molecule has 3 heterocycles. The van der Waals surface area contributed by atoms with Gasteiger partial charge in [-0.3, -0.25) is 4.79 Å². The predicted octanol–water partition coefficient (Wildman–Crippen LogP) is 1.67. The lowest BCUT2D eigenvalue weighted by atomic mass is 9.86. The van der Waals surface area contributed by atoms with Crippen LogP contribution in [-0.2, 0) is 9.47 Å². The van der Waals surface area contributed by atoms with Crippen molar-refractivity contribution in [1.82, 2.24) is 14.9 Å². The molecule has 0 aromatic carbocycles. The Kier molecular flexibility index (Phi) is 4.03. The predicted molar refractivity (Wildman–Crippen MR) is 82.9 cm³/mol. The van der Waals surface area contributed by atoms with E-state index in [0.717, 1.165) is 25.4 Å². The first-order chi connectivity index (χ1) is 11.2. The fourth-order valence-corrected chi connectivity index (χ4v) is 3.69. The van der Waals surface area contributed by atoms with Crippen molar-refractivity contribution in [1.29, 1.82) is 0 Å². The van der Waals surface area contributed by atoms with Crippen LogP contribution in [0.15, 0.2) is 18.5 Å². The number of nitrogens with zero attached hydrogens (tertiary/aromatic N) is 3. The molecule has 2 aliphatic heterocycles. The molecule has 6 heteroatoms. The zero-order valence-electron chi connectivity index (χ0n) is 13.3.